The zero-order valence-electron chi connectivity index (χ0n) is 16.4. The smallest absolute Gasteiger partial charge is 0.253 e. The lowest BCUT2D eigenvalue weighted by molar-refractivity contribution is -0.126. The molecule has 0 radical (unpaired) electrons. The monoisotopic (exact) mass is 393 g/mol. The molecule has 0 saturated carbocycles. The highest BCUT2D eigenvalue weighted by molar-refractivity contribution is 6.24. The highest BCUT2D eigenvalue weighted by atomic mass is 16.5. The Morgan fingerprint density at radius 3 is 2.21 bits per heavy atom. The molecule has 2 aromatic carbocycles. The van der Waals surface area contributed by atoms with E-state index in [4.69, 9.17) is 9.47 Å². The first-order valence-corrected chi connectivity index (χ1v) is 9.83. The second kappa shape index (κ2) is 6.86. The van der Waals surface area contributed by atoms with Crippen molar-refractivity contribution in [2.75, 3.05) is 32.2 Å². The van der Waals surface area contributed by atoms with Crippen LogP contribution in [0.2, 0.25) is 0 Å². The molecule has 3 saturated heterocycles. The van der Waals surface area contributed by atoms with Gasteiger partial charge < -0.3 is 9.47 Å². The number of hydrogen-bond acceptors (Lipinski definition) is 6. The first-order valence-electron chi connectivity index (χ1n) is 9.83. The number of imide groups is 1. The molecule has 2 aromatic rings. The lowest BCUT2D eigenvalue weighted by Gasteiger charge is -2.29. The van der Waals surface area contributed by atoms with Gasteiger partial charge in [-0.3, -0.25) is 9.59 Å². The molecule has 0 aliphatic carbocycles. The Morgan fingerprint density at radius 1 is 0.828 bits per heavy atom. The van der Waals surface area contributed by atoms with Crippen LogP contribution in [0.15, 0.2) is 48.5 Å². The Kier molecular flexibility index (Phi) is 4.29. The Balaban J connectivity index is 1.55. The summed E-state index contributed by atoms with van der Waals surface area (Å²) in [5.74, 6) is 0.658. The van der Waals surface area contributed by atoms with Crippen LogP contribution >= 0.6 is 0 Å². The normalized spacial score (nSPS) is 26.7. The second-order valence-corrected chi connectivity index (χ2v) is 7.58. The Morgan fingerprint density at radius 2 is 1.52 bits per heavy atom. The molecule has 2 amide bonds. The first kappa shape index (κ1) is 18.1. The molecule has 150 valence electrons. The van der Waals surface area contributed by atoms with Crippen molar-refractivity contribution in [3.8, 4) is 11.5 Å². The van der Waals surface area contributed by atoms with Gasteiger partial charge in [0.2, 0.25) is 5.91 Å². The predicted octanol–water partition coefficient (Wildman–Crippen LogP) is 2.24. The molecule has 5 rings (SSSR count). The molecule has 3 atom stereocenters. The van der Waals surface area contributed by atoms with E-state index in [9.17, 15) is 9.59 Å². The topological polar surface area (TPSA) is 62.3 Å². The largest absolute Gasteiger partial charge is 0.497 e. The summed E-state index contributed by atoms with van der Waals surface area (Å²) in [5.41, 5.74) is 1.59. The summed E-state index contributed by atoms with van der Waals surface area (Å²) in [7, 11) is 3.21. The highest BCUT2D eigenvalue weighted by Gasteiger charge is 2.62. The summed E-state index contributed by atoms with van der Waals surface area (Å²) in [6, 6.07) is 14.3. The van der Waals surface area contributed by atoms with Gasteiger partial charge >= 0.3 is 0 Å². The lowest BCUT2D eigenvalue weighted by atomic mass is 9.90. The molecule has 0 spiro atoms. The quantitative estimate of drug-likeness (QED) is 0.743. The SMILES string of the molecule is COc1ccc([C@@H]2[C@H]3C(=O)N(c4cccc(OC)c4)C(=O)[C@@H]3N3CCCN23)cc1. The van der Waals surface area contributed by atoms with Gasteiger partial charge in [0.25, 0.3) is 5.91 Å². The van der Waals surface area contributed by atoms with E-state index in [1.807, 2.05) is 24.3 Å². The van der Waals surface area contributed by atoms with Crippen molar-refractivity contribution in [1.82, 2.24) is 10.0 Å². The molecular formula is C22H23N3O4. The van der Waals surface area contributed by atoms with Crippen LogP contribution in [-0.4, -0.2) is 55.2 Å². The number of fused-ring (bicyclic) bond motifs is 3. The van der Waals surface area contributed by atoms with Gasteiger partial charge in [-0.15, -0.1) is 0 Å². The fourth-order valence-corrected chi connectivity index (χ4v) is 4.92. The summed E-state index contributed by atoms with van der Waals surface area (Å²) in [4.78, 5) is 28.3. The van der Waals surface area contributed by atoms with Crippen molar-refractivity contribution in [1.29, 1.82) is 0 Å². The molecule has 3 fully saturated rings. The Hall–Kier alpha value is -2.90. The van der Waals surface area contributed by atoms with Crippen molar-refractivity contribution in [3.63, 3.8) is 0 Å². The van der Waals surface area contributed by atoms with E-state index in [1.165, 1.54) is 4.90 Å². The maximum absolute atomic E-state index is 13.5. The number of carbonyl (C=O) groups excluding carboxylic acids is 2. The number of rotatable bonds is 4. The van der Waals surface area contributed by atoms with Gasteiger partial charge in [-0.25, -0.2) is 14.9 Å². The number of carbonyl (C=O) groups is 2. The molecule has 3 heterocycles. The minimum absolute atomic E-state index is 0.150. The van der Waals surface area contributed by atoms with Crippen molar-refractivity contribution in [3.05, 3.63) is 54.1 Å². The number of anilines is 1. The summed E-state index contributed by atoms with van der Waals surface area (Å²) in [5, 5.41) is 4.30. The van der Waals surface area contributed by atoms with Gasteiger partial charge in [0.05, 0.1) is 31.9 Å². The number of methoxy groups -OCH3 is 2. The first-order chi connectivity index (χ1) is 14.1. The maximum atomic E-state index is 13.5. The average molecular weight is 393 g/mol. The van der Waals surface area contributed by atoms with Crippen LogP contribution in [0, 0.1) is 5.92 Å². The Bertz CT molecular complexity index is 961. The number of nitrogens with zero attached hydrogens (tertiary/aromatic N) is 3. The van der Waals surface area contributed by atoms with Gasteiger partial charge in [0.15, 0.2) is 0 Å². The number of ether oxygens (including phenoxy) is 2. The van der Waals surface area contributed by atoms with Gasteiger partial charge in [0, 0.05) is 19.2 Å². The van der Waals surface area contributed by atoms with Crippen molar-refractivity contribution < 1.29 is 19.1 Å². The molecule has 0 N–H and O–H groups in total. The molecule has 3 aliphatic heterocycles. The van der Waals surface area contributed by atoms with E-state index in [2.05, 4.69) is 10.0 Å². The molecular weight excluding hydrogens is 370 g/mol. The molecule has 0 bridgehead atoms. The number of benzene rings is 2. The van der Waals surface area contributed by atoms with Crippen molar-refractivity contribution in [2.45, 2.75) is 18.5 Å². The van der Waals surface area contributed by atoms with E-state index in [1.54, 1.807) is 38.5 Å². The molecule has 3 aliphatic rings. The minimum Gasteiger partial charge on any atom is -0.497 e. The molecule has 29 heavy (non-hydrogen) atoms. The number of hydrazine groups is 1. The van der Waals surface area contributed by atoms with E-state index in [0.29, 0.717) is 11.4 Å². The molecule has 7 heteroatoms. The molecule has 0 aromatic heterocycles. The Labute approximate surface area is 169 Å². The van der Waals surface area contributed by atoms with Crippen LogP contribution in [0.1, 0.15) is 18.0 Å². The third-order valence-corrected chi connectivity index (χ3v) is 6.17. The van der Waals surface area contributed by atoms with Crippen LogP contribution in [0.5, 0.6) is 11.5 Å². The standard InChI is InChI=1S/C22H23N3O4/c1-28-16-9-7-14(8-10-16)19-18-20(24-12-4-11-23(19)24)22(27)25(21(18)26)15-5-3-6-17(13-15)29-2/h3,5-10,13,18-20H,4,11-12H2,1-2H3/t18-,19-,20-/m1/s1. The minimum atomic E-state index is -0.455. The van der Waals surface area contributed by atoms with Gasteiger partial charge in [-0.1, -0.05) is 18.2 Å². The fourth-order valence-electron chi connectivity index (χ4n) is 4.92. The van der Waals surface area contributed by atoms with Crippen molar-refractivity contribution in [2.24, 2.45) is 5.92 Å². The van der Waals surface area contributed by atoms with Crippen LogP contribution in [0.3, 0.4) is 0 Å². The van der Waals surface area contributed by atoms with E-state index < -0.39 is 12.0 Å². The lowest BCUT2D eigenvalue weighted by Crippen LogP contribution is -2.44. The van der Waals surface area contributed by atoms with E-state index in [0.717, 1.165) is 30.8 Å². The summed E-state index contributed by atoms with van der Waals surface area (Å²) < 4.78 is 10.6. The van der Waals surface area contributed by atoms with E-state index >= 15 is 0 Å². The van der Waals surface area contributed by atoms with Gasteiger partial charge in [-0.05, 0) is 36.2 Å². The summed E-state index contributed by atoms with van der Waals surface area (Å²) >= 11 is 0. The van der Waals surface area contributed by atoms with E-state index in [-0.39, 0.29) is 17.9 Å². The molecule has 0 unspecified atom stereocenters. The van der Waals surface area contributed by atoms with Crippen LogP contribution in [-0.2, 0) is 9.59 Å². The number of amides is 2. The maximum Gasteiger partial charge on any atom is 0.253 e. The van der Waals surface area contributed by atoms with Crippen LogP contribution < -0.4 is 14.4 Å². The molecule has 7 nitrogen and oxygen atoms in total. The summed E-state index contributed by atoms with van der Waals surface area (Å²) in [6.07, 6.45) is 0.983. The zero-order chi connectivity index (χ0) is 20.1. The van der Waals surface area contributed by atoms with Gasteiger partial charge in [0.1, 0.15) is 17.5 Å². The predicted molar refractivity (Wildman–Crippen MR) is 107 cm³/mol. The van der Waals surface area contributed by atoms with Crippen molar-refractivity contribution >= 4 is 17.5 Å². The third kappa shape index (κ3) is 2.65. The van der Waals surface area contributed by atoms with Gasteiger partial charge in [-0.2, -0.15) is 0 Å². The summed E-state index contributed by atoms with van der Waals surface area (Å²) in [6.45, 7) is 1.64. The van der Waals surface area contributed by atoms with Crippen LogP contribution in [0.4, 0.5) is 5.69 Å². The number of hydrogen-bond donors (Lipinski definition) is 0. The second-order valence-electron chi connectivity index (χ2n) is 7.58. The third-order valence-electron chi connectivity index (χ3n) is 6.17. The zero-order valence-corrected chi connectivity index (χ0v) is 16.4. The average Bonchev–Trinajstić information content (AvgIpc) is 3.40. The fraction of sp³-hybridized carbons (Fsp3) is 0.364. The highest BCUT2D eigenvalue weighted by Crippen LogP contribution is 2.49. The van der Waals surface area contributed by atoms with Crippen LogP contribution in [0.25, 0.3) is 0 Å².